The molecular weight excluding hydrogens is 336 g/mol. The SMILES string of the molecule is c1cnnc(CN2CCC(Oc3cccc4c3ccn4CC3CC3)CC2)c1. The normalized spacial score (nSPS) is 18.8. The van der Waals surface area contributed by atoms with E-state index in [1.807, 2.05) is 12.1 Å². The summed E-state index contributed by atoms with van der Waals surface area (Å²) in [5.41, 5.74) is 2.35. The van der Waals surface area contributed by atoms with Crippen LogP contribution >= 0.6 is 0 Å². The average molecular weight is 362 g/mol. The third-order valence-corrected chi connectivity index (χ3v) is 5.77. The summed E-state index contributed by atoms with van der Waals surface area (Å²) in [7, 11) is 0. The molecule has 0 atom stereocenters. The van der Waals surface area contributed by atoms with Crippen molar-refractivity contribution in [1.29, 1.82) is 0 Å². The Balaban J connectivity index is 1.22. The number of fused-ring (bicyclic) bond motifs is 1. The van der Waals surface area contributed by atoms with Gasteiger partial charge in [0.25, 0.3) is 0 Å². The molecule has 0 radical (unpaired) electrons. The van der Waals surface area contributed by atoms with Crippen LogP contribution in [-0.4, -0.2) is 38.9 Å². The van der Waals surface area contributed by atoms with E-state index in [2.05, 4.69) is 50.1 Å². The van der Waals surface area contributed by atoms with Crippen LogP contribution in [0.5, 0.6) is 5.75 Å². The minimum atomic E-state index is 0.292. The first-order valence-corrected chi connectivity index (χ1v) is 10.1. The molecule has 2 aromatic heterocycles. The highest BCUT2D eigenvalue weighted by molar-refractivity contribution is 5.86. The van der Waals surface area contributed by atoms with E-state index < -0.39 is 0 Å². The lowest BCUT2D eigenvalue weighted by Crippen LogP contribution is -2.38. The number of hydrogen-bond donors (Lipinski definition) is 0. The molecule has 3 aromatic rings. The fourth-order valence-corrected chi connectivity index (χ4v) is 4.05. The Kier molecular flexibility index (Phi) is 4.54. The summed E-state index contributed by atoms with van der Waals surface area (Å²) in [4.78, 5) is 2.44. The second-order valence-electron chi connectivity index (χ2n) is 7.91. The van der Waals surface area contributed by atoms with Crippen LogP contribution in [0.3, 0.4) is 0 Å². The lowest BCUT2D eigenvalue weighted by atomic mass is 10.1. The van der Waals surface area contributed by atoms with E-state index in [0.29, 0.717) is 6.10 Å². The van der Waals surface area contributed by atoms with E-state index >= 15 is 0 Å². The smallest absolute Gasteiger partial charge is 0.129 e. The van der Waals surface area contributed by atoms with Gasteiger partial charge in [0, 0.05) is 44.0 Å². The first kappa shape index (κ1) is 16.8. The number of ether oxygens (including phenoxy) is 1. The molecule has 1 aliphatic heterocycles. The highest BCUT2D eigenvalue weighted by atomic mass is 16.5. The van der Waals surface area contributed by atoms with E-state index in [9.17, 15) is 0 Å². The zero-order valence-electron chi connectivity index (χ0n) is 15.6. The summed E-state index contributed by atoms with van der Waals surface area (Å²) in [6.07, 6.45) is 9.10. The summed E-state index contributed by atoms with van der Waals surface area (Å²) in [6.45, 7) is 4.10. The molecule has 0 amide bonds. The zero-order valence-corrected chi connectivity index (χ0v) is 15.6. The average Bonchev–Trinajstić information content (AvgIpc) is 3.43. The molecule has 1 saturated carbocycles. The van der Waals surface area contributed by atoms with Crippen LogP contribution in [0.15, 0.2) is 48.8 Å². The fraction of sp³-hybridized carbons (Fsp3) is 0.455. The van der Waals surface area contributed by atoms with Crippen molar-refractivity contribution in [2.75, 3.05) is 13.1 Å². The third kappa shape index (κ3) is 3.83. The molecule has 0 spiro atoms. The molecule has 1 aromatic carbocycles. The van der Waals surface area contributed by atoms with E-state index in [1.54, 1.807) is 6.20 Å². The van der Waals surface area contributed by atoms with E-state index in [0.717, 1.165) is 56.4 Å². The number of nitrogens with zero attached hydrogens (tertiary/aromatic N) is 4. The van der Waals surface area contributed by atoms with Gasteiger partial charge in [0.2, 0.25) is 0 Å². The van der Waals surface area contributed by atoms with Crippen molar-refractivity contribution >= 4 is 10.9 Å². The van der Waals surface area contributed by atoms with Gasteiger partial charge >= 0.3 is 0 Å². The minimum absolute atomic E-state index is 0.292. The molecule has 5 rings (SSSR count). The van der Waals surface area contributed by atoms with Crippen LogP contribution in [-0.2, 0) is 13.1 Å². The van der Waals surface area contributed by atoms with Crippen LogP contribution < -0.4 is 4.74 Å². The Morgan fingerprint density at radius 2 is 1.89 bits per heavy atom. The van der Waals surface area contributed by atoms with E-state index in [-0.39, 0.29) is 0 Å². The van der Waals surface area contributed by atoms with Crippen molar-refractivity contribution < 1.29 is 4.74 Å². The molecule has 0 bridgehead atoms. The monoisotopic (exact) mass is 362 g/mol. The molecule has 5 nitrogen and oxygen atoms in total. The molecule has 3 heterocycles. The van der Waals surface area contributed by atoms with Crippen LogP contribution in [0.25, 0.3) is 10.9 Å². The molecule has 27 heavy (non-hydrogen) atoms. The number of rotatable bonds is 6. The molecule has 5 heteroatoms. The molecule has 140 valence electrons. The number of piperidine rings is 1. The van der Waals surface area contributed by atoms with Gasteiger partial charge < -0.3 is 9.30 Å². The summed E-state index contributed by atoms with van der Waals surface area (Å²) >= 11 is 0. The summed E-state index contributed by atoms with van der Waals surface area (Å²) in [5.74, 6) is 1.92. The van der Waals surface area contributed by atoms with Gasteiger partial charge in [-0.3, -0.25) is 4.90 Å². The van der Waals surface area contributed by atoms with Gasteiger partial charge in [-0.2, -0.15) is 10.2 Å². The zero-order chi connectivity index (χ0) is 18.1. The second kappa shape index (κ2) is 7.31. The largest absolute Gasteiger partial charge is 0.490 e. The van der Waals surface area contributed by atoms with Crippen molar-refractivity contribution in [1.82, 2.24) is 19.7 Å². The fourth-order valence-electron chi connectivity index (χ4n) is 4.05. The number of hydrogen-bond acceptors (Lipinski definition) is 4. The molecule has 1 saturated heterocycles. The van der Waals surface area contributed by atoms with Crippen molar-refractivity contribution in [3.05, 3.63) is 54.5 Å². The quantitative estimate of drug-likeness (QED) is 0.667. The van der Waals surface area contributed by atoms with Gasteiger partial charge in [0.1, 0.15) is 11.9 Å². The van der Waals surface area contributed by atoms with Crippen LogP contribution in [0.2, 0.25) is 0 Å². The lowest BCUT2D eigenvalue weighted by molar-refractivity contribution is 0.0971. The molecule has 1 aliphatic carbocycles. The predicted molar refractivity (Wildman–Crippen MR) is 106 cm³/mol. The maximum Gasteiger partial charge on any atom is 0.129 e. The van der Waals surface area contributed by atoms with Crippen LogP contribution in [0.1, 0.15) is 31.4 Å². The molecular formula is C22H26N4O. The molecule has 2 fully saturated rings. The molecule has 2 aliphatic rings. The Labute approximate surface area is 160 Å². The maximum absolute atomic E-state index is 6.43. The van der Waals surface area contributed by atoms with Crippen molar-refractivity contribution in [2.45, 2.75) is 44.9 Å². The van der Waals surface area contributed by atoms with Crippen LogP contribution in [0, 0.1) is 5.92 Å². The predicted octanol–water partition coefficient (Wildman–Crippen LogP) is 3.88. The van der Waals surface area contributed by atoms with Gasteiger partial charge in [-0.1, -0.05) is 6.07 Å². The molecule has 0 unspecified atom stereocenters. The van der Waals surface area contributed by atoms with Gasteiger partial charge in [-0.15, -0.1) is 0 Å². The first-order chi connectivity index (χ1) is 13.3. The third-order valence-electron chi connectivity index (χ3n) is 5.77. The highest BCUT2D eigenvalue weighted by Crippen LogP contribution is 2.34. The minimum Gasteiger partial charge on any atom is -0.490 e. The van der Waals surface area contributed by atoms with Crippen molar-refractivity contribution in [3.63, 3.8) is 0 Å². The van der Waals surface area contributed by atoms with Crippen LogP contribution in [0.4, 0.5) is 0 Å². The second-order valence-corrected chi connectivity index (χ2v) is 7.91. The van der Waals surface area contributed by atoms with E-state index in [4.69, 9.17) is 4.74 Å². The Morgan fingerprint density at radius 3 is 2.67 bits per heavy atom. The van der Waals surface area contributed by atoms with Gasteiger partial charge in [-0.25, -0.2) is 0 Å². The van der Waals surface area contributed by atoms with Gasteiger partial charge in [0.15, 0.2) is 0 Å². The maximum atomic E-state index is 6.43. The van der Waals surface area contributed by atoms with Crippen molar-refractivity contribution in [2.24, 2.45) is 5.92 Å². The summed E-state index contributed by atoms with van der Waals surface area (Å²) in [6, 6.07) is 12.7. The lowest BCUT2D eigenvalue weighted by Gasteiger charge is -2.32. The Hall–Kier alpha value is -2.40. The number of benzene rings is 1. The summed E-state index contributed by atoms with van der Waals surface area (Å²) in [5, 5.41) is 9.42. The number of aromatic nitrogens is 3. The highest BCUT2D eigenvalue weighted by Gasteiger charge is 2.24. The Bertz CT molecular complexity index is 895. The van der Waals surface area contributed by atoms with Gasteiger partial charge in [-0.05, 0) is 61.9 Å². The van der Waals surface area contributed by atoms with E-state index in [1.165, 1.54) is 23.7 Å². The standard InChI is InChI=1S/C22H26N4O/c1-4-21-20(10-14-26(21)15-17-6-7-17)22(5-1)27-19-8-12-25(13-9-19)16-18-3-2-11-23-24-18/h1-5,10-11,14,17,19H,6-9,12-13,15-16H2. The first-order valence-electron chi connectivity index (χ1n) is 10.1. The van der Waals surface area contributed by atoms with Crippen molar-refractivity contribution in [3.8, 4) is 5.75 Å². The molecule has 0 N–H and O–H groups in total. The summed E-state index contributed by atoms with van der Waals surface area (Å²) < 4.78 is 8.83. The Morgan fingerprint density at radius 1 is 1.00 bits per heavy atom. The number of likely N-dealkylation sites (tertiary alicyclic amines) is 1. The van der Waals surface area contributed by atoms with Gasteiger partial charge in [0.05, 0.1) is 11.2 Å². The topological polar surface area (TPSA) is 43.2 Å².